The van der Waals surface area contributed by atoms with Crippen LogP contribution in [0.5, 0.6) is 5.75 Å². The van der Waals surface area contributed by atoms with Crippen molar-refractivity contribution < 1.29 is 9.47 Å². The number of halogens is 1. The minimum atomic E-state index is 0.0720. The number of thioether (sulfide) groups is 1. The Kier molecular flexibility index (Phi) is 6.19. The summed E-state index contributed by atoms with van der Waals surface area (Å²) in [5.74, 6) is 0.682. The summed E-state index contributed by atoms with van der Waals surface area (Å²) in [6.07, 6.45) is 5.45. The lowest BCUT2D eigenvalue weighted by atomic mass is 10.2. The van der Waals surface area contributed by atoms with Gasteiger partial charge in [-0.05, 0) is 18.4 Å². The SMILES string of the molecule is CSc1ccc(CN2CCOC(COc3cncc(Cl)c3)C2)s1. The predicted octanol–water partition coefficient (Wildman–Crippen LogP) is 3.80. The van der Waals surface area contributed by atoms with Crippen molar-refractivity contribution >= 4 is 34.7 Å². The first-order valence-electron chi connectivity index (χ1n) is 7.43. The molecule has 124 valence electrons. The minimum absolute atomic E-state index is 0.0720. The second-order valence-corrected chi connectivity index (χ2v) is 8.01. The normalized spacial score (nSPS) is 19.0. The number of hydrogen-bond donors (Lipinski definition) is 0. The van der Waals surface area contributed by atoms with Gasteiger partial charge in [0.1, 0.15) is 18.5 Å². The molecule has 1 fully saturated rings. The Morgan fingerprint density at radius 1 is 1.48 bits per heavy atom. The van der Waals surface area contributed by atoms with E-state index in [-0.39, 0.29) is 6.10 Å². The summed E-state index contributed by atoms with van der Waals surface area (Å²) in [5, 5.41) is 0.580. The van der Waals surface area contributed by atoms with E-state index in [1.165, 1.54) is 9.09 Å². The van der Waals surface area contributed by atoms with E-state index < -0.39 is 0 Å². The van der Waals surface area contributed by atoms with Crippen LogP contribution in [0.4, 0.5) is 0 Å². The average Bonchev–Trinajstić information content (AvgIpc) is 3.01. The van der Waals surface area contributed by atoms with E-state index in [0.29, 0.717) is 17.4 Å². The Hall–Kier alpha value is -0.790. The Labute approximate surface area is 149 Å². The quantitative estimate of drug-likeness (QED) is 0.722. The average molecular weight is 371 g/mol. The third kappa shape index (κ3) is 5.09. The first-order chi connectivity index (χ1) is 11.2. The molecule has 0 saturated carbocycles. The zero-order chi connectivity index (χ0) is 16.1. The third-order valence-electron chi connectivity index (χ3n) is 3.56. The van der Waals surface area contributed by atoms with Crippen LogP contribution in [0.3, 0.4) is 0 Å². The molecule has 0 amide bonds. The summed E-state index contributed by atoms with van der Waals surface area (Å²) < 4.78 is 12.9. The van der Waals surface area contributed by atoms with E-state index >= 15 is 0 Å². The molecule has 0 bridgehead atoms. The molecule has 3 rings (SSSR count). The molecule has 0 N–H and O–H groups in total. The van der Waals surface area contributed by atoms with Crippen molar-refractivity contribution in [1.29, 1.82) is 0 Å². The van der Waals surface area contributed by atoms with Gasteiger partial charge in [-0.15, -0.1) is 23.1 Å². The summed E-state index contributed by atoms with van der Waals surface area (Å²) in [6.45, 7) is 4.06. The van der Waals surface area contributed by atoms with Gasteiger partial charge in [0.05, 0.1) is 22.0 Å². The Balaban J connectivity index is 1.49. The zero-order valence-corrected chi connectivity index (χ0v) is 15.3. The summed E-state index contributed by atoms with van der Waals surface area (Å²) in [4.78, 5) is 7.84. The smallest absolute Gasteiger partial charge is 0.139 e. The van der Waals surface area contributed by atoms with E-state index in [2.05, 4.69) is 28.3 Å². The van der Waals surface area contributed by atoms with E-state index in [9.17, 15) is 0 Å². The lowest BCUT2D eigenvalue weighted by Crippen LogP contribution is -2.44. The monoisotopic (exact) mass is 370 g/mol. The molecule has 0 radical (unpaired) electrons. The first kappa shape index (κ1) is 17.0. The number of morpholine rings is 1. The van der Waals surface area contributed by atoms with E-state index in [1.54, 1.807) is 30.2 Å². The molecule has 1 aliphatic heterocycles. The van der Waals surface area contributed by atoms with Crippen LogP contribution >= 0.6 is 34.7 Å². The number of pyridine rings is 1. The number of rotatable bonds is 6. The Morgan fingerprint density at radius 2 is 2.39 bits per heavy atom. The fraction of sp³-hybridized carbons (Fsp3) is 0.438. The summed E-state index contributed by atoms with van der Waals surface area (Å²) in [5.41, 5.74) is 0. The maximum absolute atomic E-state index is 5.91. The second kappa shape index (κ2) is 8.35. The second-order valence-electron chi connectivity index (χ2n) is 5.30. The van der Waals surface area contributed by atoms with Crippen molar-refractivity contribution in [1.82, 2.24) is 9.88 Å². The van der Waals surface area contributed by atoms with Crippen molar-refractivity contribution in [2.24, 2.45) is 0 Å². The van der Waals surface area contributed by atoms with Crippen molar-refractivity contribution in [3.63, 3.8) is 0 Å². The molecule has 0 aliphatic carbocycles. The first-order valence-corrected chi connectivity index (χ1v) is 9.85. The highest BCUT2D eigenvalue weighted by molar-refractivity contribution is 8.00. The van der Waals surface area contributed by atoms with Crippen LogP contribution in [0.25, 0.3) is 0 Å². The summed E-state index contributed by atoms with van der Waals surface area (Å²) >= 11 is 9.57. The topological polar surface area (TPSA) is 34.6 Å². The van der Waals surface area contributed by atoms with E-state index in [0.717, 1.165) is 26.2 Å². The lowest BCUT2D eigenvalue weighted by Gasteiger charge is -2.32. The zero-order valence-electron chi connectivity index (χ0n) is 12.9. The minimum Gasteiger partial charge on any atom is -0.489 e. The fourth-order valence-corrected chi connectivity index (χ4v) is 4.26. The fourth-order valence-electron chi connectivity index (χ4n) is 2.46. The van der Waals surface area contributed by atoms with Gasteiger partial charge in [0.2, 0.25) is 0 Å². The Bertz CT molecular complexity index is 638. The van der Waals surface area contributed by atoms with Gasteiger partial charge in [-0.2, -0.15) is 0 Å². The molecule has 1 aliphatic rings. The van der Waals surface area contributed by atoms with Crippen LogP contribution in [0.1, 0.15) is 4.88 Å². The summed E-state index contributed by atoms with van der Waals surface area (Å²) in [7, 11) is 0. The molecule has 0 aromatic carbocycles. The molecule has 2 aromatic heterocycles. The number of aromatic nitrogens is 1. The van der Waals surface area contributed by atoms with Crippen LogP contribution < -0.4 is 4.74 Å². The maximum Gasteiger partial charge on any atom is 0.139 e. The maximum atomic E-state index is 5.91. The molecular weight excluding hydrogens is 352 g/mol. The van der Waals surface area contributed by atoms with Gasteiger partial charge in [0.25, 0.3) is 0 Å². The molecule has 1 saturated heterocycles. The molecular formula is C16H19ClN2O2S2. The molecule has 7 heteroatoms. The standard InChI is InChI=1S/C16H19ClN2O2S2/c1-22-16-3-2-15(23-16)10-19-4-5-20-14(9-19)11-21-13-6-12(17)7-18-8-13/h2-3,6-8,14H,4-5,9-11H2,1H3. The van der Waals surface area contributed by atoms with Crippen LogP contribution in [0.2, 0.25) is 5.02 Å². The summed E-state index contributed by atoms with van der Waals surface area (Å²) in [6, 6.07) is 6.18. The predicted molar refractivity (Wildman–Crippen MR) is 95.9 cm³/mol. The number of ether oxygens (including phenoxy) is 2. The molecule has 2 aromatic rings. The lowest BCUT2D eigenvalue weighted by molar-refractivity contribution is -0.0502. The van der Waals surface area contributed by atoms with Crippen molar-refractivity contribution in [2.75, 3.05) is 32.6 Å². The highest BCUT2D eigenvalue weighted by Crippen LogP contribution is 2.26. The van der Waals surface area contributed by atoms with Gasteiger partial charge in [-0.3, -0.25) is 9.88 Å². The number of nitrogens with zero attached hydrogens (tertiary/aromatic N) is 2. The third-order valence-corrected chi connectivity index (χ3v) is 5.92. The Morgan fingerprint density at radius 3 is 3.17 bits per heavy atom. The van der Waals surface area contributed by atoms with Crippen molar-refractivity contribution in [3.8, 4) is 5.75 Å². The van der Waals surface area contributed by atoms with E-state index in [1.807, 2.05) is 11.3 Å². The van der Waals surface area contributed by atoms with Crippen LogP contribution in [0, 0.1) is 0 Å². The van der Waals surface area contributed by atoms with Crippen LogP contribution in [0.15, 0.2) is 34.8 Å². The molecule has 4 nitrogen and oxygen atoms in total. The van der Waals surface area contributed by atoms with Crippen LogP contribution in [-0.4, -0.2) is 48.5 Å². The van der Waals surface area contributed by atoms with Gasteiger partial charge in [0, 0.05) is 36.8 Å². The van der Waals surface area contributed by atoms with Gasteiger partial charge in [-0.25, -0.2) is 0 Å². The van der Waals surface area contributed by atoms with Gasteiger partial charge in [-0.1, -0.05) is 11.6 Å². The molecule has 1 unspecified atom stereocenters. The number of hydrogen-bond acceptors (Lipinski definition) is 6. The molecule has 23 heavy (non-hydrogen) atoms. The van der Waals surface area contributed by atoms with Gasteiger partial charge >= 0.3 is 0 Å². The largest absolute Gasteiger partial charge is 0.489 e. The van der Waals surface area contributed by atoms with Crippen molar-refractivity contribution in [2.45, 2.75) is 16.9 Å². The molecule has 3 heterocycles. The van der Waals surface area contributed by atoms with Gasteiger partial charge < -0.3 is 9.47 Å². The van der Waals surface area contributed by atoms with Gasteiger partial charge in [0.15, 0.2) is 0 Å². The molecule has 0 spiro atoms. The highest BCUT2D eigenvalue weighted by Gasteiger charge is 2.21. The van der Waals surface area contributed by atoms with E-state index in [4.69, 9.17) is 21.1 Å². The van der Waals surface area contributed by atoms with Crippen molar-refractivity contribution in [3.05, 3.63) is 40.5 Å². The molecule has 1 atom stereocenters. The highest BCUT2D eigenvalue weighted by atomic mass is 35.5. The van der Waals surface area contributed by atoms with Crippen LogP contribution in [-0.2, 0) is 11.3 Å². The number of thiophene rings is 1.